The summed E-state index contributed by atoms with van der Waals surface area (Å²) in [5.74, 6) is -0.189. The Bertz CT molecular complexity index is 418. The minimum Gasteiger partial charge on any atom is -0.396 e. The average Bonchev–Trinajstić information content (AvgIpc) is 2.65. The molecule has 0 radical (unpaired) electrons. The Morgan fingerprint density at radius 3 is 2.57 bits per heavy atom. The number of rotatable bonds is 3. The third kappa shape index (κ3) is 1.41. The SMILES string of the molecule is OCC(CO)c1c[nH]c2ccccc12. The molecule has 1 aromatic heterocycles. The molecule has 0 bridgehead atoms. The molecule has 0 saturated heterocycles. The van der Waals surface area contributed by atoms with Gasteiger partial charge in [-0.1, -0.05) is 18.2 Å². The molecule has 2 aromatic rings. The molecule has 3 N–H and O–H groups in total. The van der Waals surface area contributed by atoms with Crippen LogP contribution >= 0.6 is 0 Å². The molecule has 0 unspecified atom stereocenters. The normalized spacial score (nSPS) is 11.4. The Morgan fingerprint density at radius 2 is 1.86 bits per heavy atom. The minimum atomic E-state index is -0.189. The van der Waals surface area contributed by atoms with Gasteiger partial charge in [0.1, 0.15) is 0 Å². The molecular weight excluding hydrogens is 178 g/mol. The highest BCUT2D eigenvalue weighted by Gasteiger charge is 2.13. The number of aromatic nitrogens is 1. The lowest BCUT2D eigenvalue weighted by Crippen LogP contribution is -2.07. The van der Waals surface area contributed by atoms with E-state index in [9.17, 15) is 0 Å². The average molecular weight is 191 g/mol. The van der Waals surface area contributed by atoms with E-state index in [2.05, 4.69) is 4.98 Å². The second-order valence-corrected chi connectivity index (χ2v) is 3.35. The fourth-order valence-electron chi connectivity index (χ4n) is 1.69. The second-order valence-electron chi connectivity index (χ2n) is 3.35. The first kappa shape index (κ1) is 9.24. The van der Waals surface area contributed by atoms with Crippen molar-refractivity contribution in [2.75, 3.05) is 13.2 Å². The molecular formula is C11H13NO2. The van der Waals surface area contributed by atoms with Crippen LogP contribution < -0.4 is 0 Å². The molecule has 1 aromatic carbocycles. The zero-order valence-corrected chi connectivity index (χ0v) is 7.77. The maximum Gasteiger partial charge on any atom is 0.0522 e. The van der Waals surface area contributed by atoms with Gasteiger partial charge in [0, 0.05) is 23.0 Å². The van der Waals surface area contributed by atoms with Crippen molar-refractivity contribution in [3.63, 3.8) is 0 Å². The molecule has 0 spiro atoms. The van der Waals surface area contributed by atoms with E-state index in [1.807, 2.05) is 30.5 Å². The Morgan fingerprint density at radius 1 is 1.14 bits per heavy atom. The fourth-order valence-corrected chi connectivity index (χ4v) is 1.69. The predicted molar refractivity (Wildman–Crippen MR) is 55.2 cm³/mol. The van der Waals surface area contributed by atoms with Crippen LogP contribution in [0.5, 0.6) is 0 Å². The van der Waals surface area contributed by atoms with Gasteiger partial charge in [-0.2, -0.15) is 0 Å². The predicted octanol–water partition coefficient (Wildman–Crippen LogP) is 1.24. The first-order chi connectivity index (χ1) is 6.86. The van der Waals surface area contributed by atoms with E-state index in [1.54, 1.807) is 0 Å². The summed E-state index contributed by atoms with van der Waals surface area (Å²) >= 11 is 0. The van der Waals surface area contributed by atoms with Gasteiger partial charge in [-0.3, -0.25) is 0 Å². The lowest BCUT2D eigenvalue weighted by Gasteiger charge is -2.08. The van der Waals surface area contributed by atoms with Crippen LogP contribution in [0.15, 0.2) is 30.5 Å². The van der Waals surface area contributed by atoms with Gasteiger partial charge >= 0.3 is 0 Å². The summed E-state index contributed by atoms with van der Waals surface area (Å²) in [7, 11) is 0. The smallest absolute Gasteiger partial charge is 0.0522 e. The second kappa shape index (κ2) is 3.82. The molecule has 74 valence electrons. The molecule has 2 rings (SSSR count). The first-order valence-corrected chi connectivity index (χ1v) is 4.64. The Hall–Kier alpha value is -1.32. The highest BCUT2D eigenvalue weighted by Crippen LogP contribution is 2.24. The molecule has 0 atom stereocenters. The third-order valence-electron chi connectivity index (χ3n) is 2.50. The van der Waals surface area contributed by atoms with Gasteiger partial charge < -0.3 is 15.2 Å². The monoisotopic (exact) mass is 191 g/mol. The summed E-state index contributed by atoms with van der Waals surface area (Å²) in [5, 5.41) is 19.2. The number of fused-ring (bicyclic) bond motifs is 1. The van der Waals surface area contributed by atoms with E-state index in [4.69, 9.17) is 10.2 Å². The highest BCUT2D eigenvalue weighted by atomic mass is 16.3. The largest absolute Gasteiger partial charge is 0.396 e. The topological polar surface area (TPSA) is 56.2 Å². The molecule has 0 saturated carbocycles. The van der Waals surface area contributed by atoms with Gasteiger partial charge in [-0.05, 0) is 11.6 Å². The van der Waals surface area contributed by atoms with Crippen molar-refractivity contribution >= 4 is 10.9 Å². The van der Waals surface area contributed by atoms with Crippen LogP contribution in [-0.4, -0.2) is 28.4 Å². The molecule has 3 heteroatoms. The molecule has 0 amide bonds. The highest BCUT2D eigenvalue weighted by molar-refractivity contribution is 5.83. The maximum absolute atomic E-state index is 9.08. The van der Waals surface area contributed by atoms with Crippen LogP contribution in [0.2, 0.25) is 0 Å². The van der Waals surface area contributed by atoms with Crippen LogP contribution in [0, 0.1) is 0 Å². The molecule has 1 heterocycles. The lowest BCUT2D eigenvalue weighted by atomic mass is 10.0. The van der Waals surface area contributed by atoms with Crippen LogP contribution in [0.4, 0.5) is 0 Å². The third-order valence-corrected chi connectivity index (χ3v) is 2.50. The summed E-state index contributed by atoms with van der Waals surface area (Å²) in [5.41, 5.74) is 2.01. The van der Waals surface area contributed by atoms with Crippen LogP contribution in [0.25, 0.3) is 10.9 Å². The van der Waals surface area contributed by atoms with Crippen LogP contribution in [0.1, 0.15) is 11.5 Å². The quantitative estimate of drug-likeness (QED) is 0.683. The molecule has 0 aliphatic heterocycles. The van der Waals surface area contributed by atoms with Crippen molar-refractivity contribution in [3.05, 3.63) is 36.0 Å². The molecule has 0 aliphatic carbocycles. The molecule has 0 aliphatic rings. The number of hydrogen-bond acceptors (Lipinski definition) is 2. The van der Waals surface area contributed by atoms with Crippen molar-refractivity contribution in [1.82, 2.24) is 4.98 Å². The number of H-pyrrole nitrogens is 1. The van der Waals surface area contributed by atoms with Gasteiger partial charge in [0.2, 0.25) is 0 Å². The lowest BCUT2D eigenvalue weighted by molar-refractivity contribution is 0.193. The minimum absolute atomic E-state index is 0.0294. The number of aliphatic hydroxyl groups is 2. The standard InChI is InChI=1S/C11H13NO2/c13-6-8(7-14)10-5-12-11-4-2-1-3-9(10)11/h1-5,8,12-14H,6-7H2. The number of aliphatic hydroxyl groups excluding tert-OH is 2. The van der Waals surface area contributed by atoms with E-state index < -0.39 is 0 Å². The number of para-hydroxylation sites is 1. The Balaban J connectivity index is 2.51. The van der Waals surface area contributed by atoms with Crippen molar-refractivity contribution in [2.24, 2.45) is 0 Å². The van der Waals surface area contributed by atoms with E-state index in [1.165, 1.54) is 0 Å². The van der Waals surface area contributed by atoms with E-state index in [0.717, 1.165) is 16.5 Å². The summed E-state index contributed by atoms with van der Waals surface area (Å²) < 4.78 is 0. The van der Waals surface area contributed by atoms with Gasteiger partial charge in [-0.15, -0.1) is 0 Å². The maximum atomic E-state index is 9.08. The van der Waals surface area contributed by atoms with Crippen molar-refractivity contribution in [1.29, 1.82) is 0 Å². The summed E-state index contributed by atoms with van der Waals surface area (Å²) in [6.07, 6.45) is 1.85. The molecule has 3 nitrogen and oxygen atoms in total. The van der Waals surface area contributed by atoms with Gasteiger partial charge in [0.15, 0.2) is 0 Å². The van der Waals surface area contributed by atoms with E-state index in [-0.39, 0.29) is 19.1 Å². The molecule has 0 fully saturated rings. The summed E-state index contributed by atoms with van der Waals surface area (Å²) in [4.78, 5) is 3.12. The summed E-state index contributed by atoms with van der Waals surface area (Å²) in [6.45, 7) is -0.0588. The summed E-state index contributed by atoms with van der Waals surface area (Å²) in [6, 6.07) is 7.87. The van der Waals surface area contributed by atoms with Crippen LogP contribution in [0.3, 0.4) is 0 Å². The Labute approximate surface area is 82.0 Å². The van der Waals surface area contributed by atoms with Crippen molar-refractivity contribution in [3.8, 4) is 0 Å². The fraction of sp³-hybridized carbons (Fsp3) is 0.273. The number of hydrogen-bond donors (Lipinski definition) is 3. The van der Waals surface area contributed by atoms with Gasteiger partial charge in [0.25, 0.3) is 0 Å². The van der Waals surface area contributed by atoms with E-state index >= 15 is 0 Å². The molecule has 14 heavy (non-hydrogen) atoms. The van der Waals surface area contributed by atoms with E-state index in [0.29, 0.717) is 0 Å². The zero-order chi connectivity index (χ0) is 9.97. The zero-order valence-electron chi connectivity index (χ0n) is 7.77. The van der Waals surface area contributed by atoms with Gasteiger partial charge in [-0.25, -0.2) is 0 Å². The van der Waals surface area contributed by atoms with Crippen molar-refractivity contribution in [2.45, 2.75) is 5.92 Å². The van der Waals surface area contributed by atoms with Gasteiger partial charge in [0.05, 0.1) is 13.2 Å². The number of aromatic amines is 1. The van der Waals surface area contributed by atoms with Crippen molar-refractivity contribution < 1.29 is 10.2 Å². The number of nitrogens with one attached hydrogen (secondary N) is 1. The van der Waals surface area contributed by atoms with Crippen LogP contribution in [-0.2, 0) is 0 Å². The first-order valence-electron chi connectivity index (χ1n) is 4.64. The Kier molecular flexibility index (Phi) is 2.52. The number of benzene rings is 1.